The summed E-state index contributed by atoms with van der Waals surface area (Å²) in [4.78, 5) is 10.8. The number of phenolic OH excluding ortho intramolecular Hbond substituents is 2. The maximum atomic E-state index is 13.2. The molecule has 0 heterocycles. The number of hydrogen-bond donors (Lipinski definition) is 3. The van der Waals surface area contributed by atoms with Gasteiger partial charge in [-0.25, -0.2) is 0 Å². The normalized spacial score (nSPS) is 13.3. The summed E-state index contributed by atoms with van der Waals surface area (Å²) < 4.78 is 13.2. The van der Waals surface area contributed by atoms with Gasteiger partial charge in [-0.05, 0) is 48.2 Å². The topological polar surface area (TPSA) is 77.8 Å². The fourth-order valence-electron chi connectivity index (χ4n) is 3.18. The van der Waals surface area contributed by atoms with Gasteiger partial charge in [0.25, 0.3) is 0 Å². The van der Waals surface area contributed by atoms with Crippen LogP contribution in [0, 0.1) is 13.8 Å². The zero-order valence-corrected chi connectivity index (χ0v) is 15.6. The van der Waals surface area contributed by atoms with Gasteiger partial charge < -0.3 is 15.1 Å². The fourth-order valence-corrected chi connectivity index (χ4v) is 4.92. The highest BCUT2D eigenvalue weighted by molar-refractivity contribution is 7.65. The highest BCUT2D eigenvalue weighted by Crippen LogP contribution is 2.47. The zero-order chi connectivity index (χ0) is 18.9. The second-order valence-electron chi connectivity index (χ2n) is 6.47. The van der Waals surface area contributed by atoms with Crippen LogP contribution in [0.25, 0.3) is 11.1 Å². The van der Waals surface area contributed by atoms with Gasteiger partial charge in [-0.15, -0.1) is 0 Å². The lowest BCUT2D eigenvalue weighted by atomic mass is 10.0. The fraction of sp³-hybridized carbons (Fsp3) is 0.143. The Morgan fingerprint density at radius 3 is 2.00 bits per heavy atom. The van der Waals surface area contributed by atoms with E-state index in [1.165, 1.54) is 0 Å². The standard InChI is InChI=1S/C21H21O4P/c1-14-11-16(12-15(2)21(14)23)13-26(24,25)20-10-6-4-8-18(20)17-7-3-5-9-19(17)22/h3-12,22-23H,13H2,1-2H3,(H,24,25). The molecule has 3 aromatic rings. The first-order chi connectivity index (χ1) is 12.3. The minimum absolute atomic E-state index is 0.0421. The number of rotatable bonds is 4. The van der Waals surface area contributed by atoms with Crippen molar-refractivity contribution in [3.63, 3.8) is 0 Å². The molecular weight excluding hydrogens is 347 g/mol. The summed E-state index contributed by atoms with van der Waals surface area (Å²) >= 11 is 0. The van der Waals surface area contributed by atoms with Crippen LogP contribution in [0.1, 0.15) is 16.7 Å². The predicted octanol–water partition coefficient (Wildman–Crippen LogP) is 4.48. The van der Waals surface area contributed by atoms with E-state index in [4.69, 9.17) is 0 Å². The third kappa shape index (κ3) is 3.52. The third-order valence-corrected chi connectivity index (χ3v) is 6.36. The van der Waals surface area contributed by atoms with Crippen LogP contribution >= 0.6 is 7.37 Å². The van der Waals surface area contributed by atoms with E-state index in [9.17, 15) is 19.7 Å². The number of aryl methyl sites for hydroxylation is 2. The van der Waals surface area contributed by atoms with Crippen molar-refractivity contribution in [1.82, 2.24) is 0 Å². The zero-order valence-electron chi connectivity index (χ0n) is 14.7. The summed E-state index contributed by atoms with van der Waals surface area (Å²) in [5.41, 5.74) is 3.11. The number of aromatic hydroxyl groups is 2. The van der Waals surface area contributed by atoms with Crippen molar-refractivity contribution >= 4 is 12.7 Å². The molecular formula is C21H21O4P. The van der Waals surface area contributed by atoms with Crippen LogP contribution in [0.5, 0.6) is 11.5 Å². The first-order valence-corrected chi connectivity index (χ1v) is 10.1. The molecule has 0 saturated carbocycles. The summed E-state index contributed by atoms with van der Waals surface area (Å²) in [7, 11) is -3.74. The maximum absolute atomic E-state index is 13.2. The molecule has 26 heavy (non-hydrogen) atoms. The molecule has 3 aromatic carbocycles. The molecule has 134 valence electrons. The van der Waals surface area contributed by atoms with Crippen molar-refractivity contribution in [2.75, 3.05) is 0 Å². The van der Waals surface area contributed by atoms with Gasteiger partial charge in [-0.1, -0.05) is 48.5 Å². The molecule has 1 atom stereocenters. The molecule has 0 amide bonds. The Bertz CT molecular complexity index is 987. The van der Waals surface area contributed by atoms with E-state index in [2.05, 4.69) is 0 Å². The molecule has 0 radical (unpaired) electrons. The number of hydrogen-bond acceptors (Lipinski definition) is 3. The molecule has 0 fully saturated rings. The molecule has 0 aliphatic rings. The average Bonchev–Trinajstić information content (AvgIpc) is 2.60. The molecule has 1 unspecified atom stereocenters. The quantitative estimate of drug-likeness (QED) is 0.594. The second-order valence-corrected chi connectivity index (χ2v) is 8.67. The van der Waals surface area contributed by atoms with Crippen LogP contribution in [-0.4, -0.2) is 15.1 Å². The van der Waals surface area contributed by atoms with E-state index >= 15 is 0 Å². The van der Waals surface area contributed by atoms with Crippen molar-refractivity contribution < 1.29 is 19.7 Å². The van der Waals surface area contributed by atoms with Crippen LogP contribution < -0.4 is 5.30 Å². The molecule has 3 rings (SSSR count). The molecule has 4 nitrogen and oxygen atoms in total. The molecule has 0 bridgehead atoms. The maximum Gasteiger partial charge on any atom is 0.234 e. The van der Waals surface area contributed by atoms with E-state index in [1.54, 1.807) is 74.5 Å². The molecule has 0 aromatic heterocycles. The van der Waals surface area contributed by atoms with E-state index in [0.29, 0.717) is 33.1 Å². The van der Waals surface area contributed by atoms with E-state index in [-0.39, 0.29) is 17.7 Å². The molecule has 5 heteroatoms. The van der Waals surface area contributed by atoms with E-state index in [0.717, 1.165) is 0 Å². The van der Waals surface area contributed by atoms with Crippen molar-refractivity contribution in [1.29, 1.82) is 0 Å². The summed E-state index contributed by atoms with van der Waals surface area (Å²) in [5.74, 6) is 0.271. The van der Waals surface area contributed by atoms with Crippen LogP contribution in [0.3, 0.4) is 0 Å². The van der Waals surface area contributed by atoms with Crippen molar-refractivity contribution in [2.45, 2.75) is 20.0 Å². The minimum Gasteiger partial charge on any atom is -0.507 e. The molecule has 0 saturated heterocycles. The van der Waals surface area contributed by atoms with Gasteiger partial charge >= 0.3 is 0 Å². The Labute approximate surface area is 152 Å². The Kier molecular flexibility index (Phi) is 4.90. The Hall–Kier alpha value is -2.55. The molecule has 0 spiro atoms. The second kappa shape index (κ2) is 6.99. The van der Waals surface area contributed by atoms with Crippen LogP contribution in [0.15, 0.2) is 60.7 Å². The highest BCUT2D eigenvalue weighted by Gasteiger charge is 2.26. The van der Waals surface area contributed by atoms with Crippen molar-refractivity contribution in [3.8, 4) is 22.6 Å². The molecule has 0 aliphatic carbocycles. The monoisotopic (exact) mass is 368 g/mol. The summed E-state index contributed by atoms with van der Waals surface area (Å²) in [6.07, 6.45) is -0.0421. The molecule has 0 aliphatic heterocycles. The average molecular weight is 368 g/mol. The molecule has 3 N–H and O–H groups in total. The summed E-state index contributed by atoms with van der Waals surface area (Å²) in [6, 6.07) is 17.1. The van der Waals surface area contributed by atoms with Crippen LogP contribution in [0.4, 0.5) is 0 Å². The van der Waals surface area contributed by atoms with Gasteiger partial charge in [0.15, 0.2) is 0 Å². The SMILES string of the molecule is Cc1cc(CP(=O)(O)c2ccccc2-c2ccccc2O)cc(C)c1O. The predicted molar refractivity (Wildman–Crippen MR) is 104 cm³/mol. The van der Waals surface area contributed by atoms with Crippen molar-refractivity contribution in [2.24, 2.45) is 0 Å². The number of phenols is 2. The summed E-state index contributed by atoms with van der Waals surface area (Å²) in [6.45, 7) is 3.54. The van der Waals surface area contributed by atoms with Gasteiger partial charge in [-0.3, -0.25) is 4.57 Å². The van der Waals surface area contributed by atoms with E-state index in [1.807, 2.05) is 0 Å². The summed E-state index contributed by atoms with van der Waals surface area (Å²) in [5, 5.41) is 20.4. The largest absolute Gasteiger partial charge is 0.507 e. The first-order valence-electron chi connectivity index (χ1n) is 8.28. The van der Waals surface area contributed by atoms with Gasteiger partial charge in [-0.2, -0.15) is 0 Å². The smallest absolute Gasteiger partial charge is 0.234 e. The number of benzene rings is 3. The highest BCUT2D eigenvalue weighted by atomic mass is 31.2. The lowest BCUT2D eigenvalue weighted by Crippen LogP contribution is -2.10. The van der Waals surface area contributed by atoms with Gasteiger partial charge in [0, 0.05) is 10.9 Å². The third-order valence-electron chi connectivity index (χ3n) is 4.42. The Morgan fingerprint density at radius 2 is 1.38 bits per heavy atom. The van der Waals surface area contributed by atoms with E-state index < -0.39 is 7.37 Å². The number of para-hydroxylation sites is 1. The minimum atomic E-state index is -3.74. The van der Waals surface area contributed by atoms with Gasteiger partial charge in [0.05, 0.1) is 6.16 Å². The lowest BCUT2D eigenvalue weighted by Gasteiger charge is -2.18. The lowest BCUT2D eigenvalue weighted by molar-refractivity contribution is 0.466. The first kappa shape index (κ1) is 18.2. The van der Waals surface area contributed by atoms with Gasteiger partial charge in [0.1, 0.15) is 11.5 Å². The van der Waals surface area contributed by atoms with Crippen LogP contribution in [0.2, 0.25) is 0 Å². The van der Waals surface area contributed by atoms with Crippen molar-refractivity contribution in [3.05, 3.63) is 77.4 Å². The Morgan fingerprint density at radius 1 is 0.846 bits per heavy atom. The Balaban J connectivity index is 2.06. The van der Waals surface area contributed by atoms with Crippen LogP contribution in [-0.2, 0) is 10.7 Å². The van der Waals surface area contributed by atoms with Gasteiger partial charge in [0.2, 0.25) is 7.37 Å².